The minimum absolute atomic E-state index is 0.0155. The molecule has 6 rings (SSSR count). The van der Waals surface area contributed by atoms with Gasteiger partial charge in [0.1, 0.15) is 22.7 Å². The Labute approximate surface area is 234 Å². The van der Waals surface area contributed by atoms with Gasteiger partial charge in [-0.3, -0.25) is 24.6 Å². The number of rotatable bonds is 6. The van der Waals surface area contributed by atoms with Gasteiger partial charge in [-0.2, -0.15) is 0 Å². The number of para-hydroxylation sites is 1. The van der Waals surface area contributed by atoms with Gasteiger partial charge in [0.15, 0.2) is 10.9 Å². The van der Waals surface area contributed by atoms with Gasteiger partial charge in [0.2, 0.25) is 5.78 Å². The Balaban J connectivity index is 1.26. The predicted octanol–water partition coefficient (Wildman–Crippen LogP) is 6.29. The Morgan fingerprint density at radius 2 is 1.50 bits per heavy atom. The van der Waals surface area contributed by atoms with E-state index in [1.807, 2.05) is 36.4 Å². The third kappa shape index (κ3) is 4.91. The van der Waals surface area contributed by atoms with Gasteiger partial charge >= 0.3 is 0 Å². The maximum atomic E-state index is 13.5. The number of ketones is 1. The van der Waals surface area contributed by atoms with Crippen molar-refractivity contribution in [2.75, 3.05) is 4.90 Å². The number of carbonyl (C=O) groups is 3. The second-order valence-electron chi connectivity index (χ2n) is 8.97. The molecule has 1 saturated heterocycles. The Kier molecular flexibility index (Phi) is 6.51. The quantitative estimate of drug-likeness (QED) is 0.117. The highest BCUT2D eigenvalue weighted by atomic mass is 32.1. The average molecular weight is 545 g/mol. The van der Waals surface area contributed by atoms with Crippen LogP contribution >= 0.6 is 12.2 Å². The van der Waals surface area contributed by atoms with Crippen molar-refractivity contribution in [1.82, 2.24) is 5.32 Å². The van der Waals surface area contributed by atoms with Gasteiger partial charge in [0.05, 0.1) is 5.69 Å². The number of anilines is 1. The number of nitrogens with zero attached hydrogens (tertiary/aromatic N) is 1. The van der Waals surface area contributed by atoms with Crippen LogP contribution in [0.3, 0.4) is 0 Å². The number of ether oxygens (including phenoxy) is 1. The first-order valence-electron chi connectivity index (χ1n) is 12.3. The molecule has 0 radical (unpaired) electrons. The topological polar surface area (TPSA) is 88.8 Å². The van der Waals surface area contributed by atoms with E-state index in [9.17, 15) is 14.4 Å². The third-order valence-electron chi connectivity index (χ3n) is 6.29. The van der Waals surface area contributed by atoms with Crippen molar-refractivity contribution in [3.05, 3.63) is 132 Å². The molecule has 1 N–H and O–H groups in total. The standard InChI is InChI=1S/C32H20N2O5S/c35-29(21-7-3-1-4-8-21)28-19-22-17-20(11-16-27(22)39-28)18-26-30(36)33-32(40)34(31(26)37)23-12-14-25(15-13-23)38-24-9-5-2-6-10-24/h1-19H,(H,33,36,40)/b26-18-. The normalized spacial score (nSPS) is 14.4. The molecule has 40 heavy (non-hydrogen) atoms. The van der Waals surface area contributed by atoms with Crippen LogP contribution < -0.4 is 15.0 Å². The van der Waals surface area contributed by atoms with Gasteiger partial charge in [-0.25, -0.2) is 0 Å². The lowest BCUT2D eigenvalue weighted by atomic mass is 10.1. The fourth-order valence-corrected chi connectivity index (χ4v) is 4.62. The van der Waals surface area contributed by atoms with E-state index >= 15 is 0 Å². The van der Waals surface area contributed by atoms with Crippen LogP contribution in [0.1, 0.15) is 21.7 Å². The van der Waals surface area contributed by atoms with Crippen LogP contribution in [0.5, 0.6) is 11.5 Å². The van der Waals surface area contributed by atoms with Gasteiger partial charge in [-0.1, -0.05) is 54.6 Å². The maximum absolute atomic E-state index is 13.5. The molecule has 7 nitrogen and oxygen atoms in total. The molecule has 0 spiro atoms. The number of carbonyl (C=O) groups excluding carboxylic acids is 3. The zero-order valence-corrected chi connectivity index (χ0v) is 21.7. The summed E-state index contributed by atoms with van der Waals surface area (Å²) >= 11 is 5.32. The van der Waals surface area contributed by atoms with Crippen molar-refractivity contribution in [2.24, 2.45) is 0 Å². The Hall–Kier alpha value is -5.34. The lowest BCUT2D eigenvalue weighted by Crippen LogP contribution is -2.54. The molecule has 0 saturated carbocycles. The molecule has 1 fully saturated rings. The summed E-state index contributed by atoms with van der Waals surface area (Å²) in [6.45, 7) is 0. The van der Waals surface area contributed by atoms with Crippen LogP contribution in [0.4, 0.5) is 5.69 Å². The monoisotopic (exact) mass is 544 g/mol. The van der Waals surface area contributed by atoms with Gasteiger partial charge in [0.25, 0.3) is 11.8 Å². The molecule has 0 unspecified atom stereocenters. The van der Waals surface area contributed by atoms with Crippen LogP contribution in [-0.4, -0.2) is 22.7 Å². The molecule has 0 atom stereocenters. The molecular weight excluding hydrogens is 524 g/mol. The molecule has 1 aliphatic rings. The van der Waals surface area contributed by atoms with Gasteiger partial charge in [-0.05, 0) is 78.5 Å². The second kappa shape index (κ2) is 10.4. The number of amides is 2. The molecule has 194 valence electrons. The molecule has 5 aromatic rings. The third-order valence-corrected chi connectivity index (χ3v) is 6.57. The fraction of sp³-hybridized carbons (Fsp3) is 0. The fourth-order valence-electron chi connectivity index (χ4n) is 4.34. The minimum atomic E-state index is -0.595. The molecule has 0 aliphatic carbocycles. The van der Waals surface area contributed by atoms with E-state index in [0.29, 0.717) is 39.3 Å². The number of nitrogens with one attached hydrogen (secondary N) is 1. The SMILES string of the molecule is O=C1NC(=S)N(c2ccc(Oc3ccccc3)cc2)C(=O)/C1=C\c1ccc2oc(C(=O)c3ccccc3)cc2c1. The van der Waals surface area contributed by atoms with Crippen molar-refractivity contribution in [3.8, 4) is 11.5 Å². The summed E-state index contributed by atoms with van der Waals surface area (Å²) in [6.07, 6.45) is 1.49. The molecule has 0 bridgehead atoms. The summed E-state index contributed by atoms with van der Waals surface area (Å²) in [4.78, 5) is 40.3. The van der Waals surface area contributed by atoms with E-state index in [0.717, 1.165) is 0 Å². The van der Waals surface area contributed by atoms with E-state index in [4.69, 9.17) is 21.4 Å². The zero-order chi connectivity index (χ0) is 27.6. The van der Waals surface area contributed by atoms with Crippen molar-refractivity contribution < 1.29 is 23.5 Å². The number of furan rings is 1. The Bertz CT molecular complexity index is 1810. The minimum Gasteiger partial charge on any atom is -0.457 e. The predicted molar refractivity (Wildman–Crippen MR) is 155 cm³/mol. The molecule has 8 heteroatoms. The van der Waals surface area contributed by atoms with Crippen molar-refractivity contribution >= 4 is 57.7 Å². The van der Waals surface area contributed by atoms with Crippen molar-refractivity contribution in [3.63, 3.8) is 0 Å². The van der Waals surface area contributed by atoms with Crippen LogP contribution in [0.15, 0.2) is 119 Å². The number of hydrogen-bond donors (Lipinski definition) is 1. The van der Waals surface area contributed by atoms with E-state index in [1.54, 1.807) is 72.8 Å². The molecular formula is C32H20N2O5S. The first kappa shape index (κ1) is 25.0. The molecule has 2 heterocycles. The number of hydrogen-bond acceptors (Lipinski definition) is 6. The average Bonchev–Trinajstić information content (AvgIpc) is 3.40. The summed E-state index contributed by atoms with van der Waals surface area (Å²) in [6, 6.07) is 31.8. The van der Waals surface area contributed by atoms with Gasteiger partial charge in [-0.15, -0.1) is 0 Å². The number of benzene rings is 4. The zero-order valence-electron chi connectivity index (χ0n) is 20.9. The number of thiocarbonyl (C=S) groups is 1. The van der Waals surface area contributed by atoms with Gasteiger partial charge < -0.3 is 9.15 Å². The van der Waals surface area contributed by atoms with E-state index in [2.05, 4.69) is 5.32 Å². The molecule has 1 aromatic heterocycles. The Morgan fingerprint density at radius 1 is 0.825 bits per heavy atom. The highest BCUT2D eigenvalue weighted by Crippen LogP contribution is 2.28. The highest BCUT2D eigenvalue weighted by Gasteiger charge is 2.34. The lowest BCUT2D eigenvalue weighted by molar-refractivity contribution is -0.122. The molecule has 1 aliphatic heterocycles. The maximum Gasteiger partial charge on any atom is 0.270 e. The van der Waals surface area contributed by atoms with Crippen LogP contribution in [0.2, 0.25) is 0 Å². The summed E-state index contributed by atoms with van der Waals surface area (Å²) in [5, 5.41) is 3.24. The molecule has 4 aromatic carbocycles. The largest absolute Gasteiger partial charge is 0.457 e. The van der Waals surface area contributed by atoms with Crippen molar-refractivity contribution in [2.45, 2.75) is 0 Å². The van der Waals surface area contributed by atoms with Crippen molar-refractivity contribution in [1.29, 1.82) is 0 Å². The van der Waals surface area contributed by atoms with E-state index < -0.39 is 11.8 Å². The highest BCUT2D eigenvalue weighted by molar-refractivity contribution is 7.80. The summed E-state index contributed by atoms with van der Waals surface area (Å²) in [7, 11) is 0. The summed E-state index contributed by atoms with van der Waals surface area (Å²) in [5.74, 6) is 0.0870. The summed E-state index contributed by atoms with van der Waals surface area (Å²) < 4.78 is 11.6. The van der Waals surface area contributed by atoms with Gasteiger partial charge in [0, 0.05) is 10.9 Å². The van der Waals surface area contributed by atoms with E-state index in [1.165, 1.54) is 11.0 Å². The van der Waals surface area contributed by atoms with Crippen LogP contribution in [0, 0.1) is 0 Å². The lowest BCUT2D eigenvalue weighted by Gasteiger charge is -2.29. The molecule has 2 amide bonds. The first-order valence-corrected chi connectivity index (χ1v) is 12.7. The Morgan fingerprint density at radius 3 is 2.23 bits per heavy atom. The van der Waals surface area contributed by atoms with E-state index in [-0.39, 0.29) is 22.2 Å². The van der Waals surface area contributed by atoms with Crippen LogP contribution in [-0.2, 0) is 9.59 Å². The van der Waals surface area contributed by atoms with Crippen LogP contribution in [0.25, 0.3) is 17.0 Å². The first-order chi connectivity index (χ1) is 19.5. The number of fused-ring (bicyclic) bond motifs is 1. The smallest absolute Gasteiger partial charge is 0.270 e. The summed E-state index contributed by atoms with van der Waals surface area (Å²) in [5.41, 5.74) is 2.02. The second-order valence-corrected chi connectivity index (χ2v) is 9.36.